The third kappa shape index (κ3) is 6.25. The average Bonchev–Trinajstić information content (AvgIpc) is 3.34. The molecule has 202 valence electrons. The zero-order valence-electron chi connectivity index (χ0n) is 21.3. The molecule has 0 saturated carbocycles. The number of aryl methyl sites for hydroxylation is 2. The van der Waals surface area contributed by atoms with E-state index < -0.39 is 29.4 Å². The normalized spacial score (nSPS) is 11.3. The maximum atomic E-state index is 13.4. The van der Waals surface area contributed by atoms with Gasteiger partial charge in [0.2, 0.25) is 5.82 Å². The second-order valence-electron chi connectivity index (χ2n) is 8.81. The number of hydrogen-bond acceptors (Lipinski definition) is 4. The van der Waals surface area contributed by atoms with Crippen LogP contribution in [0.15, 0.2) is 60.7 Å². The Morgan fingerprint density at radius 3 is 2.23 bits per heavy atom. The molecule has 1 heterocycles. The van der Waals surface area contributed by atoms with Crippen molar-refractivity contribution in [3.8, 4) is 11.3 Å². The standard InChI is InChI=1S/C28H25F4N5O2/c1-4-33-21-12-8-18(13-16(21)3)25(38)35-22-14-20(11-5-15(22)2)34-26(39)24-23(17-6-9-19(29)10-7-17)36-27(37-24)28(30,31)32/h5-14,33H,4H2,1-3H3,(H,34,39)(H,35,38)(H,36,37). The van der Waals surface area contributed by atoms with Crippen molar-refractivity contribution in [1.29, 1.82) is 0 Å². The quantitative estimate of drug-likeness (QED) is 0.194. The Balaban J connectivity index is 1.58. The van der Waals surface area contributed by atoms with Gasteiger partial charge in [-0.2, -0.15) is 13.2 Å². The van der Waals surface area contributed by atoms with E-state index in [1.54, 1.807) is 31.2 Å². The van der Waals surface area contributed by atoms with Crippen LogP contribution in [0.25, 0.3) is 11.3 Å². The van der Waals surface area contributed by atoms with Gasteiger partial charge in [-0.15, -0.1) is 0 Å². The number of imidazole rings is 1. The van der Waals surface area contributed by atoms with E-state index in [-0.39, 0.29) is 22.9 Å². The van der Waals surface area contributed by atoms with Crippen LogP contribution in [0.2, 0.25) is 0 Å². The third-order valence-electron chi connectivity index (χ3n) is 5.92. The molecule has 0 atom stereocenters. The lowest BCUT2D eigenvalue weighted by atomic mass is 10.1. The van der Waals surface area contributed by atoms with E-state index in [0.717, 1.165) is 29.9 Å². The van der Waals surface area contributed by atoms with Crippen molar-refractivity contribution in [3.63, 3.8) is 0 Å². The van der Waals surface area contributed by atoms with Crippen LogP contribution in [0.4, 0.5) is 34.6 Å². The number of nitrogens with one attached hydrogen (secondary N) is 4. The van der Waals surface area contributed by atoms with Crippen molar-refractivity contribution in [2.45, 2.75) is 26.9 Å². The number of nitrogens with zero attached hydrogens (tertiary/aromatic N) is 1. The molecular weight excluding hydrogens is 514 g/mol. The van der Waals surface area contributed by atoms with Gasteiger partial charge in [0.25, 0.3) is 11.8 Å². The van der Waals surface area contributed by atoms with Crippen LogP contribution in [0.1, 0.15) is 44.7 Å². The predicted octanol–water partition coefficient (Wildman–Crippen LogP) is 6.79. The molecule has 11 heteroatoms. The van der Waals surface area contributed by atoms with Gasteiger partial charge in [-0.05, 0) is 86.5 Å². The fraction of sp³-hybridized carbons (Fsp3) is 0.179. The molecule has 0 aliphatic heterocycles. The van der Waals surface area contributed by atoms with Gasteiger partial charge in [0.1, 0.15) is 17.2 Å². The van der Waals surface area contributed by atoms with Gasteiger partial charge in [0, 0.05) is 34.7 Å². The summed E-state index contributed by atoms with van der Waals surface area (Å²) in [5.41, 5.74) is 2.99. The number of carbonyl (C=O) groups excluding carboxylic acids is 2. The number of benzene rings is 3. The van der Waals surface area contributed by atoms with E-state index in [9.17, 15) is 27.2 Å². The molecule has 0 spiro atoms. The molecule has 7 nitrogen and oxygen atoms in total. The van der Waals surface area contributed by atoms with Gasteiger partial charge in [0.15, 0.2) is 0 Å². The zero-order valence-corrected chi connectivity index (χ0v) is 21.3. The maximum Gasteiger partial charge on any atom is 0.449 e. The van der Waals surface area contributed by atoms with E-state index in [1.807, 2.05) is 24.9 Å². The number of aromatic nitrogens is 2. The zero-order chi connectivity index (χ0) is 28.3. The van der Waals surface area contributed by atoms with Crippen LogP contribution in [0.5, 0.6) is 0 Å². The molecule has 2 amide bonds. The summed E-state index contributed by atoms with van der Waals surface area (Å²) in [6.45, 7) is 6.36. The Kier molecular flexibility index (Phi) is 7.70. The van der Waals surface area contributed by atoms with E-state index in [0.29, 0.717) is 16.8 Å². The molecule has 39 heavy (non-hydrogen) atoms. The van der Waals surface area contributed by atoms with Gasteiger partial charge in [-0.1, -0.05) is 6.07 Å². The van der Waals surface area contributed by atoms with E-state index in [1.165, 1.54) is 18.2 Å². The van der Waals surface area contributed by atoms with Crippen molar-refractivity contribution < 1.29 is 27.2 Å². The highest BCUT2D eigenvalue weighted by Gasteiger charge is 2.37. The van der Waals surface area contributed by atoms with Crippen molar-refractivity contribution in [1.82, 2.24) is 9.97 Å². The molecule has 0 saturated heterocycles. The summed E-state index contributed by atoms with van der Waals surface area (Å²) in [5, 5.41) is 8.56. The summed E-state index contributed by atoms with van der Waals surface area (Å²) in [4.78, 5) is 31.5. The minimum atomic E-state index is -4.84. The molecule has 1 aromatic heterocycles. The lowest BCUT2D eigenvalue weighted by Crippen LogP contribution is -2.16. The monoisotopic (exact) mass is 539 g/mol. The summed E-state index contributed by atoms with van der Waals surface area (Å²) < 4.78 is 53.5. The Bertz CT molecular complexity index is 1530. The molecule has 3 aromatic carbocycles. The Labute approximate surface area is 221 Å². The van der Waals surface area contributed by atoms with E-state index >= 15 is 0 Å². The first-order chi connectivity index (χ1) is 18.5. The lowest BCUT2D eigenvalue weighted by molar-refractivity contribution is -0.144. The number of aromatic amines is 1. The van der Waals surface area contributed by atoms with Crippen molar-refractivity contribution in [2.75, 3.05) is 22.5 Å². The molecule has 4 aromatic rings. The molecule has 4 N–H and O–H groups in total. The predicted molar refractivity (Wildman–Crippen MR) is 141 cm³/mol. The highest BCUT2D eigenvalue weighted by atomic mass is 19.4. The third-order valence-corrected chi connectivity index (χ3v) is 5.92. The second-order valence-corrected chi connectivity index (χ2v) is 8.81. The molecule has 0 fully saturated rings. The van der Waals surface area contributed by atoms with Crippen LogP contribution in [0, 0.1) is 19.7 Å². The minimum absolute atomic E-state index is 0.126. The smallest absolute Gasteiger partial charge is 0.385 e. The number of carbonyl (C=O) groups is 2. The molecular formula is C28H25F4N5O2. The van der Waals surface area contributed by atoms with Crippen molar-refractivity contribution in [3.05, 3.63) is 94.7 Å². The van der Waals surface area contributed by atoms with Gasteiger partial charge in [-0.25, -0.2) is 9.37 Å². The van der Waals surface area contributed by atoms with E-state index in [4.69, 9.17) is 0 Å². The Morgan fingerprint density at radius 1 is 0.872 bits per heavy atom. The van der Waals surface area contributed by atoms with E-state index in [2.05, 4.69) is 20.9 Å². The van der Waals surface area contributed by atoms with Gasteiger partial charge in [-0.3, -0.25) is 9.59 Å². The fourth-order valence-electron chi connectivity index (χ4n) is 3.90. The lowest BCUT2D eigenvalue weighted by Gasteiger charge is -2.13. The van der Waals surface area contributed by atoms with Gasteiger partial charge in [0.05, 0.1) is 0 Å². The number of amides is 2. The Hall–Kier alpha value is -4.67. The van der Waals surface area contributed by atoms with Crippen LogP contribution in [-0.4, -0.2) is 28.3 Å². The SMILES string of the molecule is CCNc1ccc(C(=O)Nc2cc(NC(=O)c3[nH]c(C(F)(F)F)nc3-c3ccc(F)cc3)ccc2C)cc1C. The summed E-state index contributed by atoms with van der Waals surface area (Å²) in [6.07, 6.45) is -4.84. The highest BCUT2D eigenvalue weighted by Crippen LogP contribution is 2.32. The van der Waals surface area contributed by atoms with Crippen molar-refractivity contribution in [2.24, 2.45) is 0 Å². The molecule has 0 aliphatic carbocycles. The number of hydrogen-bond donors (Lipinski definition) is 4. The fourth-order valence-corrected chi connectivity index (χ4v) is 3.90. The summed E-state index contributed by atoms with van der Waals surface area (Å²) in [7, 11) is 0. The van der Waals surface area contributed by atoms with Crippen LogP contribution in [0.3, 0.4) is 0 Å². The highest BCUT2D eigenvalue weighted by molar-refractivity contribution is 6.08. The van der Waals surface area contributed by atoms with Gasteiger partial charge >= 0.3 is 6.18 Å². The number of alkyl halides is 3. The molecule has 4 rings (SSSR count). The molecule has 0 radical (unpaired) electrons. The largest absolute Gasteiger partial charge is 0.449 e. The van der Waals surface area contributed by atoms with Crippen LogP contribution >= 0.6 is 0 Å². The molecule has 0 unspecified atom stereocenters. The first-order valence-electron chi connectivity index (χ1n) is 12.0. The summed E-state index contributed by atoms with van der Waals surface area (Å²) in [6, 6.07) is 14.5. The minimum Gasteiger partial charge on any atom is -0.385 e. The number of halogens is 4. The number of rotatable bonds is 7. The maximum absolute atomic E-state index is 13.4. The number of H-pyrrole nitrogens is 1. The summed E-state index contributed by atoms with van der Waals surface area (Å²) >= 11 is 0. The van der Waals surface area contributed by atoms with Gasteiger partial charge < -0.3 is 20.9 Å². The first kappa shape index (κ1) is 27.4. The summed E-state index contributed by atoms with van der Waals surface area (Å²) in [5.74, 6) is -3.21. The second kappa shape index (κ2) is 11.0. The Morgan fingerprint density at radius 2 is 1.59 bits per heavy atom. The number of anilines is 3. The van der Waals surface area contributed by atoms with Crippen LogP contribution in [-0.2, 0) is 6.18 Å². The molecule has 0 aliphatic rings. The van der Waals surface area contributed by atoms with Crippen LogP contribution < -0.4 is 16.0 Å². The average molecular weight is 540 g/mol. The van der Waals surface area contributed by atoms with Crippen molar-refractivity contribution >= 4 is 28.9 Å². The topological polar surface area (TPSA) is 98.9 Å². The first-order valence-corrected chi connectivity index (χ1v) is 12.0. The molecule has 0 bridgehead atoms.